The highest BCUT2D eigenvalue weighted by molar-refractivity contribution is 5.85. The molecule has 0 spiro atoms. The van der Waals surface area contributed by atoms with E-state index in [1.54, 1.807) is 12.4 Å². The Balaban J connectivity index is 1.96. The predicted octanol–water partition coefficient (Wildman–Crippen LogP) is 4.10. The van der Waals surface area contributed by atoms with Gasteiger partial charge in [0.05, 0.1) is 16.9 Å². The molecule has 23 heavy (non-hydrogen) atoms. The van der Waals surface area contributed by atoms with Crippen LogP contribution in [0.2, 0.25) is 0 Å². The number of pyridine rings is 1. The molecule has 3 heterocycles. The van der Waals surface area contributed by atoms with Crippen LogP contribution in [0, 0.1) is 13.8 Å². The number of fused-ring (bicyclic) bond motifs is 1. The molecule has 0 bridgehead atoms. The summed E-state index contributed by atoms with van der Waals surface area (Å²) >= 11 is 0. The Morgan fingerprint density at radius 1 is 0.913 bits per heavy atom. The average Bonchev–Trinajstić information content (AvgIpc) is 2.99. The normalized spacial score (nSPS) is 11.0. The van der Waals surface area contributed by atoms with E-state index in [0.29, 0.717) is 0 Å². The Bertz CT molecular complexity index is 967. The van der Waals surface area contributed by atoms with E-state index in [9.17, 15) is 0 Å². The van der Waals surface area contributed by atoms with Crippen molar-refractivity contribution in [2.45, 2.75) is 13.8 Å². The number of aryl methyl sites for hydroxylation is 2. The lowest BCUT2D eigenvalue weighted by Crippen LogP contribution is -1.98. The van der Waals surface area contributed by atoms with Gasteiger partial charge in [-0.2, -0.15) is 0 Å². The van der Waals surface area contributed by atoms with Gasteiger partial charge in [-0.05, 0) is 37.1 Å². The van der Waals surface area contributed by atoms with Gasteiger partial charge in [-0.1, -0.05) is 18.2 Å². The molecule has 4 rings (SSSR count). The molecule has 0 atom stereocenters. The largest absolute Gasteiger partial charge is 0.316 e. The summed E-state index contributed by atoms with van der Waals surface area (Å²) in [7, 11) is 0. The number of para-hydroxylation sites is 1. The van der Waals surface area contributed by atoms with Crippen molar-refractivity contribution in [3.63, 3.8) is 0 Å². The lowest BCUT2D eigenvalue weighted by atomic mass is 10.1. The second-order valence-electron chi connectivity index (χ2n) is 5.68. The molecule has 4 nitrogen and oxygen atoms in total. The standard InChI is InChI=1S/C19H16N4/c1-13-4-3-5-14(2)19(13)23-7-6-15-11-22-17(8-18(15)23)16-9-20-12-21-10-16/h3-12H,1-2H3. The Labute approximate surface area is 134 Å². The summed E-state index contributed by atoms with van der Waals surface area (Å²) in [6.07, 6.45) is 9.11. The Kier molecular flexibility index (Phi) is 3.15. The van der Waals surface area contributed by atoms with Gasteiger partial charge in [0.15, 0.2) is 0 Å². The minimum atomic E-state index is 0.879. The van der Waals surface area contributed by atoms with Gasteiger partial charge in [-0.25, -0.2) is 9.97 Å². The van der Waals surface area contributed by atoms with Gasteiger partial charge >= 0.3 is 0 Å². The summed E-state index contributed by atoms with van der Waals surface area (Å²) in [6, 6.07) is 10.6. The van der Waals surface area contributed by atoms with E-state index in [1.165, 1.54) is 23.1 Å². The fraction of sp³-hybridized carbons (Fsp3) is 0.105. The molecule has 112 valence electrons. The fourth-order valence-corrected chi connectivity index (χ4v) is 3.00. The first kappa shape index (κ1) is 13.6. The molecule has 0 amide bonds. The maximum absolute atomic E-state index is 4.54. The van der Waals surface area contributed by atoms with Crippen molar-refractivity contribution in [2.75, 3.05) is 0 Å². The van der Waals surface area contributed by atoms with Crippen LogP contribution in [-0.2, 0) is 0 Å². The number of nitrogens with zero attached hydrogens (tertiary/aromatic N) is 4. The van der Waals surface area contributed by atoms with Crippen LogP contribution >= 0.6 is 0 Å². The van der Waals surface area contributed by atoms with Crippen LogP contribution < -0.4 is 0 Å². The second-order valence-corrected chi connectivity index (χ2v) is 5.68. The van der Waals surface area contributed by atoms with Crippen LogP contribution in [0.4, 0.5) is 0 Å². The molecule has 1 aromatic carbocycles. The topological polar surface area (TPSA) is 43.6 Å². The summed E-state index contributed by atoms with van der Waals surface area (Å²) in [4.78, 5) is 12.7. The molecule has 4 heteroatoms. The Morgan fingerprint density at radius 3 is 2.39 bits per heavy atom. The third-order valence-corrected chi connectivity index (χ3v) is 4.11. The molecule has 0 aliphatic carbocycles. The summed E-state index contributed by atoms with van der Waals surface area (Å²) in [5, 5.41) is 1.12. The fourth-order valence-electron chi connectivity index (χ4n) is 3.00. The molecule has 0 saturated carbocycles. The van der Waals surface area contributed by atoms with E-state index >= 15 is 0 Å². The van der Waals surface area contributed by atoms with Gasteiger partial charge in [-0.3, -0.25) is 4.98 Å². The van der Waals surface area contributed by atoms with Crippen molar-refractivity contribution < 1.29 is 0 Å². The van der Waals surface area contributed by atoms with E-state index in [1.807, 2.05) is 6.20 Å². The summed E-state index contributed by atoms with van der Waals surface area (Å²) in [5.41, 5.74) is 6.67. The minimum absolute atomic E-state index is 0.879. The second kappa shape index (κ2) is 5.32. The van der Waals surface area contributed by atoms with E-state index in [4.69, 9.17) is 0 Å². The first-order valence-electron chi connectivity index (χ1n) is 7.53. The van der Waals surface area contributed by atoms with Crippen molar-refractivity contribution in [1.29, 1.82) is 0 Å². The van der Waals surface area contributed by atoms with E-state index in [-0.39, 0.29) is 0 Å². The highest BCUT2D eigenvalue weighted by Gasteiger charge is 2.10. The van der Waals surface area contributed by atoms with Crippen molar-refractivity contribution in [2.24, 2.45) is 0 Å². The van der Waals surface area contributed by atoms with Crippen molar-refractivity contribution in [1.82, 2.24) is 19.5 Å². The molecule has 0 aliphatic heterocycles. The zero-order valence-corrected chi connectivity index (χ0v) is 13.1. The van der Waals surface area contributed by atoms with Gasteiger partial charge < -0.3 is 4.57 Å². The average molecular weight is 300 g/mol. The SMILES string of the molecule is Cc1cccc(C)c1-n1ccc2cnc(-c3cncnc3)cc21. The lowest BCUT2D eigenvalue weighted by molar-refractivity contribution is 1.08. The van der Waals surface area contributed by atoms with E-state index < -0.39 is 0 Å². The number of aromatic nitrogens is 4. The highest BCUT2D eigenvalue weighted by atomic mass is 15.0. The van der Waals surface area contributed by atoms with E-state index in [0.717, 1.165) is 22.2 Å². The third-order valence-electron chi connectivity index (χ3n) is 4.11. The number of rotatable bonds is 2. The Morgan fingerprint density at radius 2 is 1.65 bits per heavy atom. The molecule has 0 fully saturated rings. The van der Waals surface area contributed by atoms with Gasteiger partial charge in [0, 0.05) is 35.7 Å². The quantitative estimate of drug-likeness (QED) is 0.560. The van der Waals surface area contributed by atoms with Gasteiger partial charge in [0.1, 0.15) is 6.33 Å². The molecule has 3 aromatic heterocycles. The predicted molar refractivity (Wildman–Crippen MR) is 91.6 cm³/mol. The molecule has 0 radical (unpaired) electrons. The van der Waals surface area contributed by atoms with Gasteiger partial charge in [0.2, 0.25) is 0 Å². The monoisotopic (exact) mass is 300 g/mol. The molecular formula is C19H16N4. The van der Waals surface area contributed by atoms with E-state index in [2.05, 4.69) is 69.9 Å². The van der Waals surface area contributed by atoms with Crippen molar-refractivity contribution in [3.05, 3.63) is 72.6 Å². The van der Waals surface area contributed by atoms with Gasteiger partial charge in [-0.15, -0.1) is 0 Å². The number of hydrogen-bond donors (Lipinski definition) is 0. The van der Waals surface area contributed by atoms with Crippen molar-refractivity contribution >= 4 is 10.9 Å². The summed E-state index contributed by atoms with van der Waals surface area (Å²) in [5.74, 6) is 0. The maximum atomic E-state index is 4.54. The third kappa shape index (κ3) is 2.28. The molecular weight excluding hydrogens is 284 g/mol. The van der Waals surface area contributed by atoms with Crippen LogP contribution in [0.3, 0.4) is 0 Å². The number of hydrogen-bond acceptors (Lipinski definition) is 3. The van der Waals surface area contributed by atoms with Crippen LogP contribution in [0.15, 0.2) is 61.4 Å². The van der Waals surface area contributed by atoms with Crippen molar-refractivity contribution in [3.8, 4) is 16.9 Å². The van der Waals surface area contributed by atoms with Crippen LogP contribution in [0.25, 0.3) is 27.8 Å². The van der Waals surface area contributed by atoms with Gasteiger partial charge in [0.25, 0.3) is 0 Å². The zero-order valence-electron chi connectivity index (χ0n) is 13.1. The lowest BCUT2D eigenvalue weighted by Gasteiger charge is -2.13. The maximum Gasteiger partial charge on any atom is 0.115 e. The molecule has 0 saturated heterocycles. The summed E-state index contributed by atoms with van der Waals surface area (Å²) in [6.45, 7) is 4.28. The molecule has 0 aliphatic rings. The smallest absolute Gasteiger partial charge is 0.115 e. The number of benzene rings is 1. The zero-order chi connectivity index (χ0) is 15.8. The Hall–Kier alpha value is -3.01. The van der Waals surface area contributed by atoms with Crippen LogP contribution in [0.1, 0.15) is 11.1 Å². The van der Waals surface area contributed by atoms with Crippen LogP contribution in [-0.4, -0.2) is 19.5 Å². The molecule has 0 N–H and O–H groups in total. The minimum Gasteiger partial charge on any atom is -0.316 e. The highest BCUT2D eigenvalue weighted by Crippen LogP contribution is 2.27. The first-order valence-corrected chi connectivity index (χ1v) is 7.53. The van der Waals surface area contributed by atoms with Crippen LogP contribution in [0.5, 0.6) is 0 Å². The summed E-state index contributed by atoms with van der Waals surface area (Å²) < 4.78 is 2.23. The first-order chi connectivity index (χ1) is 11.2. The molecule has 0 unspecified atom stereocenters. The molecule has 4 aromatic rings.